The van der Waals surface area contributed by atoms with Crippen LogP contribution >= 0.6 is 0 Å². The number of nitrogens with one attached hydrogen (secondary N) is 2. The van der Waals surface area contributed by atoms with Gasteiger partial charge in [-0.3, -0.25) is 4.79 Å². The van der Waals surface area contributed by atoms with Crippen LogP contribution in [0.25, 0.3) is 11.3 Å². The number of hydrogen-bond donors (Lipinski definition) is 3. The molecule has 2 aromatic carbocycles. The predicted octanol–water partition coefficient (Wildman–Crippen LogP) is 4.27. The van der Waals surface area contributed by atoms with Gasteiger partial charge < -0.3 is 20.3 Å². The summed E-state index contributed by atoms with van der Waals surface area (Å²) in [6.07, 6.45) is 3.27. The molecule has 172 valence electrons. The molecule has 1 aliphatic carbocycles. The van der Waals surface area contributed by atoms with Crippen molar-refractivity contribution in [3.8, 4) is 17.0 Å². The van der Waals surface area contributed by atoms with Crippen LogP contribution in [0.2, 0.25) is 0 Å². The molecule has 1 fully saturated rings. The molecule has 3 N–H and O–H groups in total. The van der Waals surface area contributed by atoms with E-state index >= 15 is 0 Å². The number of phenolic OH excluding ortho intramolecular Hbond substituents is 1. The predicted molar refractivity (Wildman–Crippen MR) is 120 cm³/mol. The number of carbonyl (C=O) groups excluding carboxylic acids is 2. The van der Waals surface area contributed by atoms with Gasteiger partial charge >= 0.3 is 6.03 Å². The van der Waals surface area contributed by atoms with Crippen LogP contribution in [0.3, 0.4) is 0 Å². The molecule has 34 heavy (non-hydrogen) atoms. The van der Waals surface area contributed by atoms with Crippen molar-refractivity contribution in [3.63, 3.8) is 0 Å². The Balaban J connectivity index is 1.34. The lowest BCUT2D eigenvalue weighted by Gasteiger charge is -2.08. The van der Waals surface area contributed by atoms with E-state index in [0.29, 0.717) is 16.9 Å². The minimum Gasteiger partial charge on any atom is -0.507 e. The highest BCUT2D eigenvalue weighted by molar-refractivity contribution is 6.02. The number of nitrogens with zero attached hydrogens (tertiary/aromatic N) is 3. The summed E-state index contributed by atoms with van der Waals surface area (Å²) in [7, 11) is 0. The summed E-state index contributed by atoms with van der Waals surface area (Å²) in [6, 6.07) is 13.3. The Morgan fingerprint density at radius 3 is 2.59 bits per heavy atom. The van der Waals surface area contributed by atoms with Crippen molar-refractivity contribution in [1.82, 2.24) is 20.3 Å². The topological polar surface area (TPSA) is 122 Å². The zero-order valence-corrected chi connectivity index (χ0v) is 17.9. The van der Waals surface area contributed by atoms with Gasteiger partial charge in [0.25, 0.3) is 5.91 Å². The molecule has 9 nitrogen and oxygen atoms in total. The fraction of sp³-hybridized carbons (Fsp3) is 0.167. The van der Waals surface area contributed by atoms with Crippen molar-refractivity contribution >= 4 is 17.6 Å². The van der Waals surface area contributed by atoms with Crippen LogP contribution in [0.5, 0.6) is 5.75 Å². The molecule has 0 aliphatic heterocycles. The quantitative estimate of drug-likeness (QED) is 0.394. The van der Waals surface area contributed by atoms with E-state index in [2.05, 4.69) is 20.9 Å². The summed E-state index contributed by atoms with van der Waals surface area (Å²) in [5, 5.41) is 23.9. The van der Waals surface area contributed by atoms with Crippen LogP contribution in [0.4, 0.5) is 14.9 Å². The highest BCUT2D eigenvalue weighted by Crippen LogP contribution is 2.42. The van der Waals surface area contributed by atoms with Crippen LogP contribution in [0, 0.1) is 5.82 Å². The number of rotatable bonds is 6. The lowest BCUT2D eigenvalue weighted by Crippen LogP contribution is -2.30. The average Bonchev–Trinajstić information content (AvgIpc) is 3.33. The second kappa shape index (κ2) is 8.81. The Labute approximate surface area is 193 Å². The molecule has 2 amide bonds. The van der Waals surface area contributed by atoms with Crippen molar-refractivity contribution in [2.75, 3.05) is 5.32 Å². The van der Waals surface area contributed by atoms with E-state index in [1.165, 1.54) is 35.1 Å². The molecule has 1 saturated carbocycles. The number of amides is 2. The third-order valence-corrected chi connectivity index (χ3v) is 5.48. The molecule has 5 rings (SSSR count). The fourth-order valence-electron chi connectivity index (χ4n) is 3.57. The van der Waals surface area contributed by atoms with Crippen molar-refractivity contribution in [3.05, 3.63) is 83.6 Å². The first-order chi connectivity index (χ1) is 16.5. The van der Waals surface area contributed by atoms with Gasteiger partial charge in [0.05, 0.1) is 17.6 Å². The van der Waals surface area contributed by atoms with E-state index in [1.807, 2.05) is 0 Å². The number of phenols is 1. The normalized spacial score (nSPS) is 13.0. The molecule has 1 aliphatic rings. The lowest BCUT2D eigenvalue weighted by molar-refractivity contribution is 0.0988. The van der Waals surface area contributed by atoms with E-state index in [0.717, 1.165) is 24.1 Å². The summed E-state index contributed by atoms with van der Waals surface area (Å²) < 4.78 is 19.2. The number of carbonyl (C=O) groups is 2. The molecule has 0 unspecified atom stereocenters. The highest BCUT2D eigenvalue weighted by Gasteiger charge is 2.30. The minimum absolute atomic E-state index is 0.0445. The van der Waals surface area contributed by atoms with Crippen LogP contribution in [0.1, 0.15) is 40.6 Å². The first-order valence-electron chi connectivity index (χ1n) is 10.7. The lowest BCUT2D eigenvalue weighted by atomic mass is 10.1. The van der Waals surface area contributed by atoms with Gasteiger partial charge in [-0.1, -0.05) is 17.3 Å². The van der Waals surface area contributed by atoms with Gasteiger partial charge in [-0.15, -0.1) is 0 Å². The Kier molecular flexibility index (Phi) is 5.54. The van der Waals surface area contributed by atoms with Gasteiger partial charge in [-0.25, -0.2) is 9.18 Å². The third-order valence-electron chi connectivity index (χ3n) is 5.48. The highest BCUT2D eigenvalue weighted by atomic mass is 19.1. The molecule has 0 radical (unpaired) electrons. The molecule has 0 spiro atoms. The van der Waals surface area contributed by atoms with Gasteiger partial charge in [0.1, 0.15) is 11.6 Å². The van der Waals surface area contributed by atoms with Crippen LogP contribution in [-0.2, 0) is 6.54 Å². The number of halogens is 1. The molecule has 2 heterocycles. The summed E-state index contributed by atoms with van der Waals surface area (Å²) in [5.74, 6) is -0.675. The summed E-state index contributed by atoms with van der Waals surface area (Å²) in [5.41, 5.74) is 2.74. The number of hydrogen-bond acceptors (Lipinski definition) is 6. The van der Waals surface area contributed by atoms with Crippen molar-refractivity contribution in [2.45, 2.75) is 25.3 Å². The van der Waals surface area contributed by atoms with E-state index in [9.17, 15) is 19.1 Å². The maximum absolute atomic E-state index is 13.1. The largest absolute Gasteiger partial charge is 0.507 e. The van der Waals surface area contributed by atoms with Crippen LogP contribution in [-0.4, -0.2) is 32.0 Å². The smallest absolute Gasteiger partial charge is 0.342 e. The monoisotopic (exact) mass is 461 g/mol. The average molecular weight is 461 g/mol. The second-order valence-corrected chi connectivity index (χ2v) is 7.99. The number of benzene rings is 2. The van der Waals surface area contributed by atoms with E-state index in [4.69, 9.17) is 4.52 Å². The maximum Gasteiger partial charge on any atom is 0.342 e. The standard InChI is InChI=1S/C24H20FN5O4/c25-16-5-1-14(2-6-16)13-26-24(33)30-20(15-3-4-15)12-19(29-30)18-8-7-17(11-21(18)31)28-23(32)22-9-10-27-34-22/h1-2,5-12,15,31H,3-4,13H2,(H,26,33)(H,28,32). The van der Waals surface area contributed by atoms with Crippen molar-refractivity contribution < 1.29 is 23.6 Å². The van der Waals surface area contributed by atoms with Gasteiger partial charge in [0.15, 0.2) is 0 Å². The third kappa shape index (κ3) is 4.51. The maximum atomic E-state index is 13.1. The first kappa shape index (κ1) is 21.4. The Bertz CT molecular complexity index is 1340. The van der Waals surface area contributed by atoms with Crippen molar-refractivity contribution in [1.29, 1.82) is 0 Å². The Hall–Kier alpha value is -4.47. The molecule has 4 aromatic rings. The zero-order chi connectivity index (χ0) is 23.7. The molecule has 0 atom stereocenters. The first-order valence-corrected chi connectivity index (χ1v) is 10.7. The molecular weight excluding hydrogens is 441 g/mol. The summed E-state index contributed by atoms with van der Waals surface area (Å²) in [4.78, 5) is 25.0. The van der Waals surface area contributed by atoms with Gasteiger partial charge in [0.2, 0.25) is 5.76 Å². The summed E-state index contributed by atoms with van der Waals surface area (Å²) >= 11 is 0. The molecule has 2 aromatic heterocycles. The van der Waals surface area contributed by atoms with Crippen LogP contribution < -0.4 is 10.6 Å². The zero-order valence-electron chi connectivity index (χ0n) is 17.9. The number of aromatic hydroxyl groups is 1. The fourth-order valence-corrected chi connectivity index (χ4v) is 3.57. The minimum atomic E-state index is -0.497. The van der Waals surface area contributed by atoms with E-state index in [1.54, 1.807) is 30.3 Å². The van der Waals surface area contributed by atoms with Crippen molar-refractivity contribution in [2.24, 2.45) is 0 Å². The Morgan fingerprint density at radius 1 is 1.12 bits per heavy atom. The molecule has 0 bridgehead atoms. The molecule has 0 saturated heterocycles. The number of aromatic nitrogens is 3. The molecular formula is C24H20FN5O4. The summed E-state index contributed by atoms with van der Waals surface area (Å²) in [6.45, 7) is 0.225. The van der Waals surface area contributed by atoms with E-state index in [-0.39, 0.29) is 29.8 Å². The SMILES string of the molecule is O=C(Nc1ccc(-c2cc(C3CC3)n(C(=O)NCc3ccc(F)cc3)n2)c(O)c1)c1ccno1. The van der Waals surface area contributed by atoms with Crippen LogP contribution in [0.15, 0.2) is 65.3 Å². The van der Waals surface area contributed by atoms with Gasteiger partial charge in [0, 0.05) is 35.8 Å². The second-order valence-electron chi connectivity index (χ2n) is 7.99. The Morgan fingerprint density at radius 2 is 1.91 bits per heavy atom. The van der Waals surface area contributed by atoms with E-state index < -0.39 is 11.9 Å². The van der Waals surface area contributed by atoms with Gasteiger partial charge in [-0.05, 0) is 48.7 Å². The van der Waals surface area contributed by atoms with Gasteiger partial charge in [-0.2, -0.15) is 9.78 Å². The number of anilines is 1. The molecule has 10 heteroatoms.